The smallest absolute Gasteiger partial charge is 0.309 e. The third-order valence-corrected chi connectivity index (χ3v) is 4.62. The summed E-state index contributed by atoms with van der Waals surface area (Å²) in [6.07, 6.45) is -4.70. The Morgan fingerprint density at radius 1 is 1.25 bits per heavy atom. The molecular weight excluding hydrogens is 358 g/mol. The number of alkyl halides is 3. The van der Waals surface area contributed by atoms with E-state index in [1.807, 2.05) is 10.8 Å². The SMILES string of the molecule is CNC(c1ccc(F)c(C(F)(F)F)c1)c1cscc1Br. The molecule has 0 aliphatic rings. The highest BCUT2D eigenvalue weighted by Gasteiger charge is 2.34. The van der Waals surface area contributed by atoms with E-state index in [0.29, 0.717) is 5.56 Å². The number of thiophene rings is 1. The van der Waals surface area contributed by atoms with Crippen molar-refractivity contribution in [2.45, 2.75) is 12.2 Å². The zero-order chi connectivity index (χ0) is 14.9. The number of hydrogen-bond donors (Lipinski definition) is 1. The van der Waals surface area contributed by atoms with Crippen molar-refractivity contribution in [3.63, 3.8) is 0 Å². The van der Waals surface area contributed by atoms with Crippen LogP contribution in [0.15, 0.2) is 33.4 Å². The van der Waals surface area contributed by atoms with Crippen LogP contribution >= 0.6 is 27.3 Å². The first-order valence-electron chi connectivity index (χ1n) is 5.60. The van der Waals surface area contributed by atoms with Gasteiger partial charge in [-0.1, -0.05) is 6.07 Å². The highest BCUT2D eigenvalue weighted by atomic mass is 79.9. The molecule has 7 heteroatoms. The van der Waals surface area contributed by atoms with E-state index in [4.69, 9.17) is 0 Å². The second-order valence-electron chi connectivity index (χ2n) is 4.13. The van der Waals surface area contributed by atoms with Crippen molar-refractivity contribution in [2.24, 2.45) is 0 Å². The summed E-state index contributed by atoms with van der Waals surface area (Å²) in [7, 11) is 1.64. The summed E-state index contributed by atoms with van der Waals surface area (Å²) >= 11 is 4.79. The molecule has 2 rings (SSSR count). The maximum atomic E-state index is 13.3. The van der Waals surface area contributed by atoms with Crippen molar-refractivity contribution >= 4 is 27.3 Å². The molecular formula is C13H10BrF4NS. The second-order valence-corrected chi connectivity index (χ2v) is 5.73. The predicted octanol–water partition coefficient (Wildman–Crippen LogP) is 4.98. The van der Waals surface area contributed by atoms with E-state index in [1.165, 1.54) is 17.4 Å². The zero-order valence-corrected chi connectivity index (χ0v) is 12.7. The molecule has 1 aromatic heterocycles. The summed E-state index contributed by atoms with van der Waals surface area (Å²) in [6, 6.07) is 2.62. The fourth-order valence-corrected chi connectivity index (χ4v) is 3.49. The van der Waals surface area contributed by atoms with Gasteiger partial charge in [0.25, 0.3) is 0 Å². The van der Waals surface area contributed by atoms with E-state index in [9.17, 15) is 17.6 Å². The topological polar surface area (TPSA) is 12.0 Å². The Morgan fingerprint density at radius 2 is 1.95 bits per heavy atom. The van der Waals surface area contributed by atoms with Crippen molar-refractivity contribution in [2.75, 3.05) is 7.05 Å². The first-order valence-corrected chi connectivity index (χ1v) is 7.33. The summed E-state index contributed by atoms with van der Waals surface area (Å²) in [4.78, 5) is 0. The lowest BCUT2D eigenvalue weighted by Gasteiger charge is -2.18. The van der Waals surface area contributed by atoms with E-state index >= 15 is 0 Å². The Balaban J connectivity index is 2.49. The van der Waals surface area contributed by atoms with Crippen molar-refractivity contribution in [1.82, 2.24) is 5.32 Å². The maximum Gasteiger partial charge on any atom is 0.419 e. The molecule has 1 N–H and O–H groups in total. The Kier molecular flexibility index (Phi) is 4.51. The molecule has 20 heavy (non-hydrogen) atoms. The summed E-state index contributed by atoms with van der Waals surface area (Å²) in [5.74, 6) is -1.26. The molecule has 0 radical (unpaired) electrons. The average Bonchev–Trinajstić information content (AvgIpc) is 2.77. The van der Waals surface area contributed by atoms with E-state index in [2.05, 4.69) is 21.2 Å². The summed E-state index contributed by atoms with van der Waals surface area (Å²) < 4.78 is 52.4. The fourth-order valence-electron chi connectivity index (χ4n) is 1.94. The quantitative estimate of drug-likeness (QED) is 0.754. The Hall–Kier alpha value is -0.920. The van der Waals surface area contributed by atoms with Crippen LogP contribution in [-0.4, -0.2) is 7.05 Å². The molecule has 1 unspecified atom stereocenters. The van der Waals surface area contributed by atoms with E-state index in [-0.39, 0.29) is 0 Å². The Bertz CT molecular complexity index is 609. The third-order valence-electron chi connectivity index (χ3n) is 2.87. The van der Waals surface area contributed by atoms with E-state index < -0.39 is 23.6 Å². The van der Waals surface area contributed by atoms with Gasteiger partial charge < -0.3 is 5.32 Å². The maximum absolute atomic E-state index is 13.3. The molecule has 0 saturated carbocycles. The van der Waals surface area contributed by atoms with Gasteiger partial charge in [0.15, 0.2) is 0 Å². The molecule has 2 aromatic rings. The highest BCUT2D eigenvalue weighted by Crippen LogP contribution is 2.36. The fraction of sp³-hybridized carbons (Fsp3) is 0.231. The van der Waals surface area contributed by atoms with E-state index in [0.717, 1.165) is 22.2 Å². The van der Waals surface area contributed by atoms with Crippen LogP contribution in [0.5, 0.6) is 0 Å². The molecule has 0 amide bonds. The van der Waals surface area contributed by atoms with Gasteiger partial charge in [0.2, 0.25) is 0 Å². The summed E-state index contributed by atoms with van der Waals surface area (Å²) in [5.41, 5.74) is -0.0702. The van der Waals surface area contributed by atoms with Gasteiger partial charge in [-0.2, -0.15) is 24.5 Å². The molecule has 0 fully saturated rings. The highest BCUT2D eigenvalue weighted by molar-refractivity contribution is 9.10. The molecule has 0 saturated heterocycles. The number of halogens is 5. The largest absolute Gasteiger partial charge is 0.419 e. The zero-order valence-electron chi connectivity index (χ0n) is 10.3. The molecule has 1 aromatic carbocycles. The van der Waals surface area contributed by atoms with Gasteiger partial charge in [-0.05, 0) is 51.6 Å². The molecule has 0 aliphatic carbocycles. The lowest BCUT2D eigenvalue weighted by molar-refractivity contribution is -0.140. The average molecular weight is 368 g/mol. The minimum absolute atomic E-state index is 0.361. The van der Waals surface area contributed by atoms with Gasteiger partial charge >= 0.3 is 6.18 Å². The molecule has 0 bridgehead atoms. The molecule has 1 nitrogen and oxygen atoms in total. The van der Waals surface area contributed by atoms with Crippen LogP contribution in [0.4, 0.5) is 17.6 Å². The lowest BCUT2D eigenvalue weighted by Crippen LogP contribution is -2.19. The van der Waals surface area contributed by atoms with Crippen LogP contribution in [0.25, 0.3) is 0 Å². The van der Waals surface area contributed by atoms with Gasteiger partial charge in [0.05, 0.1) is 11.6 Å². The summed E-state index contributed by atoms with van der Waals surface area (Å²) in [6.45, 7) is 0. The normalized spacial score (nSPS) is 13.5. The van der Waals surface area contributed by atoms with Gasteiger partial charge in [0.1, 0.15) is 5.82 Å². The van der Waals surface area contributed by atoms with Gasteiger partial charge in [-0.3, -0.25) is 0 Å². The van der Waals surface area contributed by atoms with Crippen molar-refractivity contribution in [1.29, 1.82) is 0 Å². The monoisotopic (exact) mass is 367 g/mol. The standard InChI is InChI=1S/C13H10BrF4NS/c1-19-12(8-5-20-6-10(8)14)7-2-3-11(15)9(4-7)13(16,17)18/h2-6,12,19H,1H3. The minimum Gasteiger partial charge on any atom is -0.309 e. The number of benzene rings is 1. The number of nitrogens with one attached hydrogen (secondary N) is 1. The lowest BCUT2D eigenvalue weighted by atomic mass is 9.99. The predicted molar refractivity (Wildman–Crippen MR) is 74.3 cm³/mol. The second kappa shape index (κ2) is 5.83. The molecule has 1 atom stereocenters. The van der Waals surface area contributed by atoms with Crippen LogP contribution < -0.4 is 5.32 Å². The van der Waals surface area contributed by atoms with Crippen molar-refractivity contribution in [3.05, 3.63) is 55.9 Å². The van der Waals surface area contributed by atoms with Crippen LogP contribution in [-0.2, 0) is 6.18 Å². The molecule has 1 heterocycles. The van der Waals surface area contributed by atoms with Crippen LogP contribution in [0, 0.1) is 5.82 Å². The van der Waals surface area contributed by atoms with Crippen LogP contribution in [0.3, 0.4) is 0 Å². The van der Waals surface area contributed by atoms with Gasteiger partial charge in [-0.15, -0.1) is 0 Å². The first kappa shape index (κ1) is 15.5. The number of rotatable bonds is 3. The number of hydrogen-bond acceptors (Lipinski definition) is 2. The molecule has 0 spiro atoms. The van der Waals surface area contributed by atoms with Crippen LogP contribution in [0.2, 0.25) is 0 Å². The molecule has 0 aliphatic heterocycles. The van der Waals surface area contributed by atoms with Crippen molar-refractivity contribution in [3.8, 4) is 0 Å². The minimum atomic E-state index is -4.70. The first-order chi connectivity index (χ1) is 9.34. The van der Waals surface area contributed by atoms with Gasteiger partial charge in [-0.25, -0.2) is 4.39 Å². The van der Waals surface area contributed by atoms with E-state index in [1.54, 1.807) is 7.05 Å². The third kappa shape index (κ3) is 3.05. The Morgan fingerprint density at radius 3 is 2.45 bits per heavy atom. The van der Waals surface area contributed by atoms with Crippen molar-refractivity contribution < 1.29 is 17.6 Å². The summed E-state index contributed by atoms with van der Waals surface area (Å²) in [5, 5.41) is 6.62. The van der Waals surface area contributed by atoms with Gasteiger partial charge in [0, 0.05) is 9.85 Å². The molecule has 108 valence electrons. The Labute approximate surface area is 125 Å². The van der Waals surface area contributed by atoms with Crippen LogP contribution in [0.1, 0.15) is 22.7 Å².